The smallest absolute Gasteiger partial charge is 0.413 e. The van der Waals surface area contributed by atoms with Gasteiger partial charge in [-0.1, -0.05) is 11.6 Å². The Bertz CT molecular complexity index is 592. The van der Waals surface area contributed by atoms with Crippen LogP contribution in [0.3, 0.4) is 0 Å². The van der Waals surface area contributed by atoms with Crippen molar-refractivity contribution in [2.45, 2.75) is 33.0 Å². The third kappa shape index (κ3) is 4.95. The molecule has 0 radical (unpaired) electrons. The second kappa shape index (κ2) is 6.69. The summed E-state index contributed by atoms with van der Waals surface area (Å²) < 4.78 is 33.8. The van der Waals surface area contributed by atoms with E-state index in [1.807, 2.05) is 5.32 Å². The summed E-state index contributed by atoms with van der Waals surface area (Å²) in [4.78, 5) is 24.9. The molecule has 0 unspecified atom stereocenters. The molecule has 22 heavy (non-hydrogen) atoms. The lowest BCUT2D eigenvalue weighted by atomic mass is 10.2. The van der Waals surface area contributed by atoms with E-state index in [1.54, 1.807) is 20.8 Å². The molecule has 1 N–H and O–H groups in total. The highest BCUT2D eigenvalue weighted by atomic mass is 35.5. The number of nitrogens with zero attached hydrogens (tertiary/aromatic N) is 2. The third-order valence-corrected chi connectivity index (χ3v) is 2.34. The normalized spacial score (nSPS) is 11.2. The summed E-state index contributed by atoms with van der Waals surface area (Å²) in [6.45, 7) is 1.43. The Morgan fingerprint density at radius 3 is 2.55 bits per heavy atom. The molecular weight excluding hydrogens is 328 g/mol. The largest absolute Gasteiger partial charge is 0.444 e. The zero-order valence-corrected chi connectivity index (χ0v) is 12.5. The maximum absolute atomic E-state index is 12.4. The van der Waals surface area contributed by atoms with Crippen LogP contribution in [0.1, 0.15) is 20.8 Å². The molecule has 0 spiro atoms. The number of carbonyl (C=O) groups is 1. The minimum Gasteiger partial charge on any atom is -0.444 e. The first kappa shape index (κ1) is 17.8. The fourth-order valence-corrected chi connectivity index (χ4v) is 1.53. The number of amides is 1. The Balaban J connectivity index is 3.16. The maximum Gasteiger partial charge on any atom is 0.413 e. The topological polar surface area (TPSA) is 104 Å². The van der Waals surface area contributed by atoms with Gasteiger partial charge in [0.05, 0.1) is 4.92 Å². The predicted octanol–water partition coefficient (Wildman–Crippen LogP) is 3.59. The van der Waals surface area contributed by atoms with Crippen molar-refractivity contribution in [1.29, 1.82) is 0 Å². The first-order valence-electron chi connectivity index (χ1n) is 5.79. The minimum atomic E-state index is -3.32. The summed E-state index contributed by atoms with van der Waals surface area (Å²) in [6, 6.07) is 0. The molecule has 0 bridgehead atoms. The molecule has 0 aliphatic rings. The van der Waals surface area contributed by atoms with Crippen molar-refractivity contribution in [3.05, 3.63) is 21.3 Å². The Labute approximate surface area is 128 Å². The van der Waals surface area contributed by atoms with E-state index in [-0.39, 0.29) is 0 Å². The van der Waals surface area contributed by atoms with Gasteiger partial charge in [-0.25, -0.2) is 9.78 Å². The first-order valence-corrected chi connectivity index (χ1v) is 6.16. The van der Waals surface area contributed by atoms with Crippen molar-refractivity contribution in [3.8, 4) is 5.75 Å². The molecular formula is C11H12ClF2N3O5. The molecule has 0 fully saturated rings. The van der Waals surface area contributed by atoms with E-state index in [9.17, 15) is 23.7 Å². The number of carbonyl (C=O) groups excluding carboxylic acids is 1. The van der Waals surface area contributed by atoms with E-state index in [0.717, 1.165) is 0 Å². The van der Waals surface area contributed by atoms with E-state index < -0.39 is 45.5 Å². The lowest BCUT2D eigenvalue weighted by molar-refractivity contribution is -0.385. The van der Waals surface area contributed by atoms with Gasteiger partial charge >= 0.3 is 18.4 Å². The van der Waals surface area contributed by atoms with Crippen LogP contribution in [0.15, 0.2) is 6.20 Å². The molecule has 0 aliphatic carbocycles. The van der Waals surface area contributed by atoms with Crippen molar-refractivity contribution < 1.29 is 28.0 Å². The van der Waals surface area contributed by atoms with Gasteiger partial charge < -0.3 is 9.47 Å². The molecule has 8 nitrogen and oxygen atoms in total. The predicted molar refractivity (Wildman–Crippen MR) is 72.4 cm³/mol. The van der Waals surface area contributed by atoms with Crippen LogP contribution in [-0.4, -0.2) is 28.2 Å². The fourth-order valence-electron chi connectivity index (χ4n) is 1.27. The van der Waals surface area contributed by atoms with Crippen LogP contribution in [0.4, 0.5) is 25.1 Å². The lowest BCUT2D eigenvalue weighted by Gasteiger charge is -2.20. The van der Waals surface area contributed by atoms with Gasteiger partial charge in [-0.15, -0.1) is 0 Å². The van der Waals surface area contributed by atoms with Gasteiger partial charge in [-0.2, -0.15) is 8.78 Å². The van der Waals surface area contributed by atoms with Crippen molar-refractivity contribution in [2.75, 3.05) is 5.32 Å². The number of ether oxygens (including phenoxy) is 2. The molecule has 1 aromatic rings. The second-order valence-corrected chi connectivity index (χ2v) is 5.28. The first-order chi connectivity index (χ1) is 10.0. The second-order valence-electron chi connectivity index (χ2n) is 4.90. The number of halogens is 3. The van der Waals surface area contributed by atoms with Gasteiger partial charge in [0.25, 0.3) is 0 Å². The Morgan fingerprint density at radius 2 is 2.09 bits per heavy atom. The van der Waals surface area contributed by atoms with Gasteiger partial charge in [-0.3, -0.25) is 15.4 Å². The zero-order chi connectivity index (χ0) is 17.1. The van der Waals surface area contributed by atoms with Gasteiger partial charge in [0.15, 0.2) is 16.6 Å². The van der Waals surface area contributed by atoms with Crippen LogP contribution in [0.2, 0.25) is 5.02 Å². The average molecular weight is 340 g/mol. The van der Waals surface area contributed by atoms with Crippen molar-refractivity contribution in [3.63, 3.8) is 0 Å². The van der Waals surface area contributed by atoms with E-state index in [0.29, 0.717) is 6.20 Å². The quantitative estimate of drug-likeness (QED) is 0.664. The molecule has 1 amide bonds. The highest BCUT2D eigenvalue weighted by Crippen LogP contribution is 2.39. The monoisotopic (exact) mass is 339 g/mol. The Morgan fingerprint density at radius 1 is 1.50 bits per heavy atom. The van der Waals surface area contributed by atoms with Crippen LogP contribution in [0.25, 0.3) is 0 Å². The van der Waals surface area contributed by atoms with Crippen LogP contribution >= 0.6 is 11.6 Å². The summed E-state index contributed by atoms with van der Waals surface area (Å²) in [6.07, 6.45) is -0.308. The van der Waals surface area contributed by atoms with Crippen molar-refractivity contribution >= 4 is 29.2 Å². The van der Waals surface area contributed by atoms with E-state index in [1.165, 1.54) is 0 Å². The van der Waals surface area contributed by atoms with Crippen molar-refractivity contribution in [2.24, 2.45) is 0 Å². The molecule has 1 aromatic heterocycles. The molecule has 0 aromatic carbocycles. The number of hydrogen-bond acceptors (Lipinski definition) is 6. The number of nitrogens with one attached hydrogen (secondary N) is 1. The Kier molecular flexibility index (Phi) is 5.42. The zero-order valence-electron chi connectivity index (χ0n) is 11.7. The number of nitro groups is 1. The number of alkyl halides is 2. The van der Waals surface area contributed by atoms with Gasteiger partial charge in [0.1, 0.15) is 11.8 Å². The summed E-state index contributed by atoms with van der Waals surface area (Å²) in [7, 11) is 0. The Hall–Kier alpha value is -2.23. The third-order valence-electron chi connectivity index (χ3n) is 1.98. The lowest BCUT2D eigenvalue weighted by Crippen LogP contribution is -2.27. The molecule has 1 heterocycles. The maximum atomic E-state index is 12.4. The van der Waals surface area contributed by atoms with Crippen LogP contribution in [0, 0.1) is 10.1 Å². The standard InChI is InChI=1S/C11H12ClF2N3O5/c1-11(2,3)22-10(18)16-8-7(21-9(13)14)6(12)5(4-15-8)17(19)20/h4,9H,1-3H3,(H,15,16,18). The fraction of sp³-hybridized carbons (Fsp3) is 0.455. The van der Waals surface area contributed by atoms with E-state index in [2.05, 4.69) is 9.72 Å². The molecule has 0 aliphatic heterocycles. The molecule has 11 heteroatoms. The summed E-state index contributed by atoms with van der Waals surface area (Å²) in [5.74, 6) is -1.35. The van der Waals surface area contributed by atoms with E-state index >= 15 is 0 Å². The molecule has 0 saturated carbocycles. The molecule has 0 atom stereocenters. The van der Waals surface area contributed by atoms with Crippen molar-refractivity contribution in [1.82, 2.24) is 4.98 Å². The number of pyridine rings is 1. The number of rotatable bonds is 4. The average Bonchev–Trinajstić information content (AvgIpc) is 2.30. The molecule has 122 valence electrons. The van der Waals surface area contributed by atoms with Crippen LogP contribution in [-0.2, 0) is 4.74 Å². The SMILES string of the molecule is CC(C)(C)OC(=O)Nc1ncc([N+](=O)[O-])c(Cl)c1OC(F)F. The summed E-state index contributed by atoms with van der Waals surface area (Å²) >= 11 is 5.64. The van der Waals surface area contributed by atoms with Crippen LogP contribution < -0.4 is 10.1 Å². The minimum absolute atomic E-state index is 0.523. The van der Waals surface area contributed by atoms with Crippen LogP contribution in [0.5, 0.6) is 5.75 Å². The summed E-state index contributed by atoms with van der Waals surface area (Å²) in [5.41, 5.74) is -1.59. The number of anilines is 1. The highest BCUT2D eigenvalue weighted by Gasteiger charge is 2.26. The summed E-state index contributed by atoms with van der Waals surface area (Å²) in [5, 5.41) is 12.0. The highest BCUT2D eigenvalue weighted by molar-refractivity contribution is 6.34. The number of aromatic nitrogens is 1. The van der Waals surface area contributed by atoms with Gasteiger partial charge in [0, 0.05) is 0 Å². The number of hydrogen-bond donors (Lipinski definition) is 1. The van der Waals surface area contributed by atoms with Gasteiger partial charge in [-0.05, 0) is 20.8 Å². The molecule has 1 rings (SSSR count). The molecule has 0 saturated heterocycles. The van der Waals surface area contributed by atoms with E-state index in [4.69, 9.17) is 16.3 Å². The van der Waals surface area contributed by atoms with Gasteiger partial charge in [0.2, 0.25) is 0 Å².